The third-order valence-corrected chi connectivity index (χ3v) is 6.66. The number of sulfone groups is 1. The molecule has 0 aliphatic carbocycles. The maximum absolute atomic E-state index is 13.2. The number of benzene rings is 2. The zero-order valence-corrected chi connectivity index (χ0v) is 17.9. The lowest BCUT2D eigenvalue weighted by Gasteiger charge is -2.13. The smallest absolute Gasteiger partial charge is 0.469 e. The molecule has 2 aromatic rings. The van der Waals surface area contributed by atoms with Crippen LogP contribution in [0.2, 0.25) is 0 Å². The molecule has 0 atom stereocenters. The minimum absolute atomic E-state index is 0.0247. The molecule has 0 saturated heterocycles. The summed E-state index contributed by atoms with van der Waals surface area (Å²) < 4.78 is 40.7. The molecule has 1 heterocycles. The van der Waals surface area contributed by atoms with Crippen LogP contribution in [0.15, 0.2) is 41.3 Å². The second kappa shape index (κ2) is 9.50. The van der Waals surface area contributed by atoms with Gasteiger partial charge in [0.15, 0.2) is 9.84 Å². The van der Waals surface area contributed by atoms with Crippen molar-refractivity contribution < 1.29 is 37.2 Å². The Kier molecular flexibility index (Phi) is 6.99. The fraction of sp³-hybridized carbons (Fsp3) is 0.300. The monoisotopic (exact) mass is 447 g/mol. The summed E-state index contributed by atoms with van der Waals surface area (Å²) in [5.74, 6) is -0.788. The van der Waals surface area contributed by atoms with Crippen LogP contribution < -0.4 is 10.8 Å². The Bertz CT molecular complexity index is 1100. The first-order valence-electron chi connectivity index (χ1n) is 9.42. The molecule has 31 heavy (non-hydrogen) atoms. The molecule has 3 rings (SSSR count). The van der Waals surface area contributed by atoms with E-state index in [1.165, 1.54) is 32.4 Å². The van der Waals surface area contributed by atoms with Gasteiger partial charge in [0, 0.05) is 12.1 Å². The number of anilines is 1. The van der Waals surface area contributed by atoms with Crippen molar-refractivity contribution in [3.05, 3.63) is 53.1 Å². The van der Waals surface area contributed by atoms with Crippen molar-refractivity contribution in [1.82, 2.24) is 0 Å². The Hall–Kier alpha value is -2.89. The number of esters is 1. The molecule has 1 aliphatic rings. The van der Waals surface area contributed by atoms with Crippen LogP contribution in [0.4, 0.5) is 10.5 Å². The molecule has 0 radical (unpaired) electrons. The van der Waals surface area contributed by atoms with Crippen molar-refractivity contribution in [3.8, 4) is 0 Å². The number of aryl methyl sites for hydroxylation is 1. The first-order valence-corrected chi connectivity index (χ1v) is 11.1. The van der Waals surface area contributed by atoms with Crippen molar-refractivity contribution in [2.45, 2.75) is 30.1 Å². The molecular formula is C20H22BNO8S. The number of hydrogen-bond acceptors (Lipinski definition) is 8. The number of methoxy groups -OCH3 is 2. The van der Waals surface area contributed by atoms with Crippen LogP contribution in [0, 0.1) is 0 Å². The van der Waals surface area contributed by atoms with Crippen molar-refractivity contribution in [2.75, 3.05) is 19.5 Å². The van der Waals surface area contributed by atoms with Gasteiger partial charge in [0.2, 0.25) is 0 Å². The van der Waals surface area contributed by atoms with Gasteiger partial charge in [-0.15, -0.1) is 0 Å². The summed E-state index contributed by atoms with van der Waals surface area (Å²) in [4.78, 5) is 23.1. The lowest BCUT2D eigenvalue weighted by molar-refractivity contribution is -0.140. The van der Waals surface area contributed by atoms with Gasteiger partial charge in [-0.2, -0.15) is 0 Å². The van der Waals surface area contributed by atoms with Gasteiger partial charge in [0.1, 0.15) is 0 Å². The molecule has 164 valence electrons. The number of carbonyl (C=O) groups excluding carboxylic acids is 2. The number of amides is 1. The van der Waals surface area contributed by atoms with Gasteiger partial charge in [-0.3, -0.25) is 10.1 Å². The minimum Gasteiger partial charge on any atom is -0.469 e. The number of ether oxygens (including phenoxy) is 2. The fourth-order valence-corrected chi connectivity index (χ4v) is 4.92. The third kappa shape index (κ3) is 5.43. The molecule has 0 saturated carbocycles. The van der Waals surface area contributed by atoms with E-state index in [0.29, 0.717) is 22.3 Å². The predicted molar refractivity (Wildman–Crippen MR) is 113 cm³/mol. The summed E-state index contributed by atoms with van der Waals surface area (Å²) in [6.07, 6.45) is -0.619. The molecule has 1 amide bonds. The molecule has 2 N–H and O–H groups in total. The van der Waals surface area contributed by atoms with E-state index in [0.717, 1.165) is 5.56 Å². The Balaban J connectivity index is 1.91. The zero-order chi connectivity index (χ0) is 22.6. The third-order valence-electron chi connectivity index (χ3n) is 4.88. The first-order chi connectivity index (χ1) is 14.7. The van der Waals surface area contributed by atoms with E-state index in [1.807, 2.05) is 0 Å². The van der Waals surface area contributed by atoms with E-state index in [1.54, 1.807) is 18.2 Å². The molecule has 0 spiro atoms. The van der Waals surface area contributed by atoms with Gasteiger partial charge in [-0.05, 0) is 46.8 Å². The highest BCUT2D eigenvalue weighted by Crippen LogP contribution is 2.26. The highest BCUT2D eigenvalue weighted by molar-refractivity contribution is 7.90. The van der Waals surface area contributed by atoms with E-state index >= 15 is 0 Å². The topological polar surface area (TPSA) is 128 Å². The zero-order valence-electron chi connectivity index (χ0n) is 17.1. The molecule has 0 bridgehead atoms. The first kappa shape index (κ1) is 22.8. The van der Waals surface area contributed by atoms with Crippen LogP contribution in [0.3, 0.4) is 0 Å². The average Bonchev–Trinajstić information content (AvgIpc) is 3.11. The van der Waals surface area contributed by atoms with Gasteiger partial charge in [0.05, 0.1) is 31.5 Å². The highest BCUT2D eigenvalue weighted by atomic mass is 32.2. The van der Waals surface area contributed by atoms with E-state index in [-0.39, 0.29) is 30.1 Å². The number of hydrogen-bond donors (Lipinski definition) is 2. The van der Waals surface area contributed by atoms with E-state index in [9.17, 15) is 23.0 Å². The number of nitrogens with one attached hydrogen (secondary N) is 1. The summed E-state index contributed by atoms with van der Waals surface area (Å²) in [6, 6.07) is 9.36. The Morgan fingerprint density at radius 2 is 1.94 bits per heavy atom. The number of rotatable bonds is 7. The van der Waals surface area contributed by atoms with Gasteiger partial charge >= 0.3 is 19.2 Å². The standard InChI is InChI=1S/C20H22BNO8S/c1-28-19(23)8-5-14-10-16(22-20(24)29-2)6-7-18(14)31(26,27)12-13-3-4-15-11-30-21(25)17(15)9-13/h3-4,6-7,9-10,25H,5,8,11-12H2,1-2H3,(H,22,24). The number of fused-ring (bicyclic) bond motifs is 1. The van der Waals surface area contributed by atoms with Crippen molar-refractivity contribution >= 4 is 40.2 Å². The lowest BCUT2D eigenvalue weighted by atomic mass is 9.79. The molecule has 11 heteroatoms. The summed E-state index contributed by atoms with van der Waals surface area (Å²) in [6.45, 7) is 0.274. The number of carbonyl (C=O) groups is 2. The molecule has 1 aliphatic heterocycles. The SMILES string of the molecule is COC(=O)CCc1cc(NC(=O)OC)ccc1S(=O)(=O)Cc1ccc2c(c1)B(O)OC2. The predicted octanol–water partition coefficient (Wildman–Crippen LogP) is 1.16. The molecule has 0 unspecified atom stereocenters. The van der Waals surface area contributed by atoms with Crippen LogP contribution in [-0.4, -0.2) is 46.8 Å². The van der Waals surface area contributed by atoms with Crippen LogP contribution in [0.25, 0.3) is 0 Å². The van der Waals surface area contributed by atoms with Crippen LogP contribution >= 0.6 is 0 Å². The lowest BCUT2D eigenvalue weighted by Crippen LogP contribution is -2.28. The quantitative estimate of drug-likeness (QED) is 0.478. The molecule has 2 aromatic carbocycles. The molecule has 0 aromatic heterocycles. The molecule has 9 nitrogen and oxygen atoms in total. The van der Waals surface area contributed by atoms with Crippen molar-refractivity contribution in [3.63, 3.8) is 0 Å². The van der Waals surface area contributed by atoms with Crippen LogP contribution in [0.1, 0.15) is 23.1 Å². The van der Waals surface area contributed by atoms with Gasteiger partial charge in [-0.1, -0.05) is 18.2 Å². The van der Waals surface area contributed by atoms with E-state index < -0.39 is 29.0 Å². The normalized spacial score (nSPS) is 12.9. The maximum Gasteiger partial charge on any atom is 0.491 e. The largest absolute Gasteiger partial charge is 0.491 e. The Morgan fingerprint density at radius 3 is 2.65 bits per heavy atom. The second-order valence-electron chi connectivity index (χ2n) is 6.97. The fourth-order valence-electron chi connectivity index (χ4n) is 3.31. The average molecular weight is 447 g/mol. The Morgan fingerprint density at radius 1 is 1.16 bits per heavy atom. The Labute approximate surface area is 180 Å². The molecular weight excluding hydrogens is 425 g/mol. The van der Waals surface area contributed by atoms with Crippen molar-refractivity contribution in [2.24, 2.45) is 0 Å². The van der Waals surface area contributed by atoms with Gasteiger partial charge in [-0.25, -0.2) is 13.2 Å². The minimum atomic E-state index is -3.80. The summed E-state index contributed by atoms with van der Waals surface area (Å²) in [5.41, 5.74) is 2.56. The summed E-state index contributed by atoms with van der Waals surface area (Å²) >= 11 is 0. The van der Waals surface area contributed by atoms with Gasteiger partial charge in [0.25, 0.3) is 0 Å². The molecule has 0 fully saturated rings. The summed E-state index contributed by atoms with van der Waals surface area (Å²) in [7, 11) is -2.41. The van der Waals surface area contributed by atoms with Crippen LogP contribution in [0.5, 0.6) is 0 Å². The van der Waals surface area contributed by atoms with Gasteiger partial charge < -0.3 is 19.2 Å². The van der Waals surface area contributed by atoms with Crippen LogP contribution in [-0.2, 0) is 47.5 Å². The second-order valence-corrected chi connectivity index (χ2v) is 8.93. The summed E-state index contributed by atoms with van der Waals surface area (Å²) in [5, 5.41) is 12.4. The van der Waals surface area contributed by atoms with Crippen molar-refractivity contribution in [1.29, 1.82) is 0 Å². The van der Waals surface area contributed by atoms with E-state index in [4.69, 9.17) is 4.65 Å². The van der Waals surface area contributed by atoms with E-state index in [2.05, 4.69) is 14.8 Å². The maximum atomic E-state index is 13.2. The highest BCUT2D eigenvalue weighted by Gasteiger charge is 2.28.